The van der Waals surface area contributed by atoms with Gasteiger partial charge in [-0.15, -0.1) is 6.58 Å². The average molecular weight is 576 g/mol. The topological polar surface area (TPSA) is 93.1 Å². The predicted octanol–water partition coefficient (Wildman–Crippen LogP) is 6.54. The number of methoxy groups -OCH3 is 1. The zero-order valence-corrected chi connectivity index (χ0v) is 24.0. The number of carbonyl (C=O) groups excluding carboxylic acids is 2. The van der Waals surface area contributed by atoms with Gasteiger partial charge in [0.15, 0.2) is 23.1 Å². The molecule has 1 N–H and O–H groups in total. The molecule has 0 fully saturated rings. The van der Waals surface area contributed by atoms with Crippen molar-refractivity contribution in [1.29, 1.82) is 0 Å². The van der Waals surface area contributed by atoms with Crippen molar-refractivity contribution in [2.75, 3.05) is 13.7 Å². The first-order valence-electron chi connectivity index (χ1n) is 14.0. The molecule has 5 rings (SSSR count). The fourth-order valence-electron chi connectivity index (χ4n) is 6.27. The summed E-state index contributed by atoms with van der Waals surface area (Å²) in [4.78, 5) is 40.6. The number of halogens is 1. The average Bonchev–Trinajstić information content (AvgIpc) is 2.95. The minimum absolute atomic E-state index is 0.00443. The van der Waals surface area contributed by atoms with E-state index in [4.69, 9.17) is 21.1 Å². The number of carbonyl (C=O) groups is 3. The lowest BCUT2D eigenvalue weighted by Gasteiger charge is -2.44. The van der Waals surface area contributed by atoms with Gasteiger partial charge in [-0.05, 0) is 49.8 Å². The standard InChI is InChI=1S/C33H34ClNO6/c1-3-8-20-17-22(18-28(40-2)33(20)41-19-21-9-4-5-10-23(21)34)30-31-24(11-6-13-26(31)36)35(16-15-29(38)39)25-12-7-14-27(37)32(25)30/h3-5,9-10,17-18,30H,1,6-8,11-16,19H2,2H3,(H,38,39). The highest BCUT2D eigenvalue weighted by atomic mass is 35.5. The van der Waals surface area contributed by atoms with Gasteiger partial charge in [-0.25, -0.2) is 0 Å². The van der Waals surface area contributed by atoms with E-state index in [1.807, 2.05) is 41.3 Å². The number of hydrogen-bond donors (Lipinski definition) is 1. The van der Waals surface area contributed by atoms with E-state index < -0.39 is 11.9 Å². The number of carboxylic acids is 1. The molecule has 0 amide bonds. The lowest BCUT2D eigenvalue weighted by atomic mass is 9.70. The molecule has 214 valence electrons. The normalized spacial score (nSPS) is 17.4. The molecule has 0 saturated carbocycles. The van der Waals surface area contributed by atoms with E-state index >= 15 is 0 Å². The molecule has 0 atom stereocenters. The molecule has 1 heterocycles. The highest BCUT2D eigenvalue weighted by molar-refractivity contribution is 6.31. The van der Waals surface area contributed by atoms with Crippen LogP contribution >= 0.6 is 11.6 Å². The Balaban J connectivity index is 1.64. The van der Waals surface area contributed by atoms with Crippen LogP contribution in [-0.4, -0.2) is 41.2 Å². The Morgan fingerprint density at radius 2 is 1.71 bits per heavy atom. The number of benzene rings is 2. The molecule has 8 heteroatoms. The maximum atomic E-state index is 13.6. The van der Waals surface area contributed by atoms with Crippen LogP contribution in [0.2, 0.25) is 5.02 Å². The molecule has 0 spiro atoms. The van der Waals surface area contributed by atoms with Crippen molar-refractivity contribution in [1.82, 2.24) is 4.90 Å². The lowest BCUT2D eigenvalue weighted by molar-refractivity contribution is -0.137. The van der Waals surface area contributed by atoms with Gasteiger partial charge in [0.05, 0.1) is 13.5 Å². The molecule has 7 nitrogen and oxygen atoms in total. The molecule has 2 aliphatic carbocycles. The van der Waals surface area contributed by atoms with Crippen molar-refractivity contribution in [3.63, 3.8) is 0 Å². The van der Waals surface area contributed by atoms with Crippen molar-refractivity contribution in [2.45, 2.75) is 63.9 Å². The van der Waals surface area contributed by atoms with Crippen molar-refractivity contribution in [2.24, 2.45) is 0 Å². The summed E-state index contributed by atoms with van der Waals surface area (Å²) < 4.78 is 12.1. The first-order valence-corrected chi connectivity index (χ1v) is 14.4. The van der Waals surface area contributed by atoms with Crippen LogP contribution in [0.1, 0.15) is 67.6 Å². The Bertz CT molecular complexity index is 1430. The maximum Gasteiger partial charge on any atom is 0.305 e. The van der Waals surface area contributed by atoms with Crippen LogP contribution in [0.15, 0.2) is 71.6 Å². The number of aliphatic carboxylic acids is 1. The van der Waals surface area contributed by atoms with E-state index in [0.29, 0.717) is 72.6 Å². The third kappa shape index (κ3) is 5.68. The second kappa shape index (κ2) is 12.4. The molecule has 0 bridgehead atoms. The first kappa shape index (κ1) is 28.7. The highest BCUT2D eigenvalue weighted by Crippen LogP contribution is 2.50. The molecule has 0 saturated heterocycles. The van der Waals surface area contributed by atoms with Crippen molar-refractivity contribution in [3.05, 3.63) is 93.3 Å². The van der Waals surface area contributed by atoms with Gasteiger partial charge in [0.1, 0.15) is 6.61 Å². The van der Waals surface area contributed by atoms with E-state index in [9.17, 15) is 19.5 Å². The minimum atomic E-state index is -0.910. The number of allylic oxidation sites excluding steroid dienone is 5. The molecule has 1 aliphatic heterocycles. The number of ketones is 2. The van der Waals surface area contributed by atoms with Crippen LogP contribution in [0, 0.1) is 0 Å². The molecular weight excluding hydrogens is 542 g/mol. The SMILES string of the molecule is C=CCc1cc(C2C3=C(CCCC3=O)N(CCC(=O)O)C3=C2C(=O)CCC3)cc(OC)c1OCc1ccccc1Cl. The minimum Gasteiger partial charge on any atom is -0.493 e. The van der Waals surface area contributed by atoms with Crippen molar-refractivity contribution < 1.29 is 29.0 Å². The Morgan fingerprint density at radius 3 is 2.29 bits per heavy atom. The van der Waals surface area contributed by atoms with Gasteiger partial charge >= 0.3 is 5.97 Å². The number of carboxylic acid groups (broad SMARTS) is 1. The summed E-state index contributed by atoms with van der Waals surface area (Å²) in [5.41, 5.74) is 5.36. The predicted molar refractivity (Wildman–Crippen MR) is 156 cm³/mol. The second-order valence-corrected chi connectivity index (χ2v) is 11.0. The second-order valence-electron chi connectivity index (χ2n) is 10.6. The van der Waals surface area contributed by atoms with Gasteiger partial charge in [-0.3, -0.25) is 14.4 Å². The monoisotopic (exact) mass is 575 g/mol. The summed E-state index contributed by atoms with van der Waals surface area (Å²) in [6.07, 6.45) is 5.71. The van der Waals surface area contributed by atoms with Crippen LogP contribution in [0.4, 0.5) is 0 Å². The molecule has 3 aliphatic rings. The number of Topliss-reactive ketones (excluding diaryl/α,β-unsaturated/α-hetero) is 2. The summed E-state index contributed by atoms with van der Waals surface area (Å²) in [5.74, 6) is -0.392. The molecule has 0 aromatic heterocycles. The number of rotatable bonds is 10. The van der Waals surface area contributed by atoms with Gasteiger partial charge in [-0.1, -0.05) is 41.9 Å². The third-order valence-corrected chi connectivity index (χ3v) is 8.41. The molecule has 2 aromatic rings. The van der Waals surface area contributed by atoms with E-state index in [0.717, 1.165) is 28.1 Å². The van der Waals surface area contributed by atoms with Gasteiger partial charge in [-0.2, -0.15) is 0 Å². The first-order chi connectivity index (χ1) is 19.8. The summed E-state index contributed by atoms with van der Waals surface area (Å²) in [6.45, 7) is 4.40. The smallest absolute Gasteiger partial charge is 0.305 e. The van der Waals surface area contributed by atoms with Crippen molar-refractivity contribution in [3.8, 4) is 11.5 Å². The zero-order chi connectivity index (χ0) is 29.1. The maximum absolute atomic E-state index is 13.6. The van der Waals surface area contributed by atoms with Crippen LogP contribution in [0.3, 0.4) is 0 Å². The van der Waals surface area contributed by atoms with E-state index in [1.54, 1.807) is 13.2 Å². The van der Waals surface area contributed by atoms with Crippen molar-refractivity contribution >= 4 is 29.1 Å². The quantitative estimate of drug-likeness (QED) is 0.321. The molecule has 2 aromatic carbocycles. The van der Waals surface area contributed by atoms with Gasteiger partial charge in [0.25, 0.3) is 0 Å². The van der Waals surface area contributed by atoms with Gasteiger partial charge in [0, 0.05) is 64.0 Å². The van der Waals surface area contributed by atoms with Crippen LogP contribution in [0.25, 0.3) is 0 Å². The Kier molecular flexibility index (Phi) is 8.64. The Morgan fingerprint density at radius 1 is 1.05 bits per heavy atom. The largest absolute Gasteiger partial charge is 0.493 e. The molecule has 41 heavy (non-hydrogen) atoms. The number of nitrogens with zero attached hydrogens (tertiary/aromatic N) is 1. The summed E-state index contributed by atoms with van der Waals surface area (Å²) in [6, 6.07) is 11.3. The fraction of sp³-hybridized carbons (Fsp3) is 0.364. The molecular formula is C33H34ClNO6. The molecule has 0 unspecified atom stereocenters. The fourth-order valence-corrected chi connectivity index (χ4v) is 6.46. The van der Waals surface area contributed by atoms with Crippen LogP contribution in [-0.2, 0) is 27.4 Å². The highest BCUT2D eigenvalue weighted by Gasteiger charge is 2.43. The zero-order valence-electron chi connectivity index (χ0n) is 23.2. The van der Waals surface area contributed by atoms with E-state index in [-0.39, 0.29) is 31.1 Å². The molecule has 0 radical (unpaired) electrons. The van der Waals surface area contributed by atoms with Gasteiger partial charge < -0.3 is 19.5 Å². The summed E-state index contributed by atoms with van der Waals surface area (Å²) in [7, 11) is 1.57. The van der Waals surface area contributed by atoms with Crippen LogP contribution < -0.4 is 9.47 Å². The summed E-state index contributed by atoms with van der Waals surface area (Å²) >= 11 is 6.36. The Labute approximate surface area is 245 Å². The van der Waals surface area contributed by atoms with E-state index in [1.165, 1.54) is 0 Å². The van der Waals surface area contributed by atoms with Crippen LogP contribution in [0.5, 0.6) is 11.5 Å². The third-order valence-electron chi connectivity index (χ3n) is 8.04. The van der Waals surface area contributed by atoms with E-state index in [2.05, 4.69) is 6.58 Å². The lowest BCUT2D eigenvalue weighted by Crippen LogP contribution is -2.40. The number of hydrogen-bond acceptors (Lipinski definition) is 6. The Hall–Kier alpha value is -3.84. The summed E-state index contributed by atoms with van der Waals surface area (Å²) in [5, 5.41) is 10.0. The number of ether oxygens (including phenoxy) is 2. The van der Waals surface area contributed by atoms with Gasteiger partial charge in [0.2, 0.25) is 0 Å².